The van der Waals surface area contributed by atoms with Gasteiger partial charge in [-0.1, -0.05) is 18.2 Å². The largest absolute Gasteiger partial charge is 0.477 e. The Morgan fingerprint density at radius 1 is 0.960 bits per heavy atom. The maximum atomic E-state index is 5.71. The van der Waals surface area contributed by atoms with Gasteiger partial charge < -0.3 is 9.64 Å². The summed E-state index contributed by atoms with van der Waals surface area (Å²) >= 11 is 0. The number of anilines is 1. The quantitative estimate of drug-likeness (QED) is 0.725. The molecule has 5 nitrogen and oxygen atoms in total. The Morgan fingerprint density at radius 3 is 2.44 bits per heavy atom. The maximum Gasteiger partial charge on any atom is 0.232 e. The number of para-hydroxylation sites is 1. The van der Waals surface area contributed by atoms with Crippen LogP contribution < -0.4 is 9.64 Å². The molecule has 1 saturated heterocycles. The number of benzene rings is 1. The highest BCUT2D eigenvalue weighted by atomic mass is 16.5. The fourth-order valence-electron chi connectivity index (χ4n) is 3.07. The Bertz CT molecular complexity index is 654. The van der Waals surface area contributed by atoms with E-state index in [9.17, 15) is 0 Å². The Labute approximate surface area is 150 Å². The Kier molecular flexibility index (Phi) is 6.23. The summed E-state index contributed by atoms with van der Waals surface area (Å²) in [6.07, 6.45) is 3.92. The van der Waals surface area contributed by atoms with Crippen LogP contribution in [0.2, 0.25) is 0 Å². The van der Waals surface area contributed by atoms with Gasteiger partial charge in [0.05, 0.1) is 24.2 Å². The third-order valence-corrected chi connectivity index (χ3v) is 4.78. The minimum absolute atomic E-state index is 0.638. The van der Waals surface area contributed by atoms with E-state index in [0.29, 0.717) is 12.5 Å². The van der Waals surface area contributed by atoms with Crippen LogP contribution in [0.4, 0.5) is 5.69 Å². The van der Waals surface area contributed by atoms with Gasteiger partial charge in [-0.3, -0.25) is 9.88 Å². The molecule has 1 aromatic heterocycles. The first-order valence-electron chi connectivity index (χ1n) is 9.18. The molecule has 0 bridgehead atoms. The lowest BCUT2D eigenvalue weighted by molar-refractivity contribution is 0.236. The van der Waals surface area contributed by atoms with Gasteiger partial charge in [-0.15, -0.1) is 0 Å². The molecule has 0 saturated carbocycles. The molecule has 0 aliphatic carbocycles. The van der Waals surface area contributed by atoms with Crippen molar-refractivity contribution in [2.75, 3.05) is 44.2 Å². The summed E-state index contributed by atoms with van der Waals surface area (Å²) in [7, 11) is 0. The van der Waals surface area contributed by atoms with Crippen LogP contribution in [0.1, 0.15) is 24.2 Å². The molecular weight excluding hydrogens is 312 g/mol. The summed E-state index contributed by atoms with van der Waals surface area (Å²) in [5.41, 5.74) is 3.24. The molecule has 1 aliphatic heterocycles. The van der Waals surface area contributed by atoms with Crippen molar-refractivity contribution in [3.63, 3.8) is 0 Å². The fraction of sp³-hybridized carbons (Fsp3) is 0.500. The monoisotopic (exact) mass is 340 g/mol. The van der Waals surface area contributed by atoms with Gasteiger partial charge in [0.1, 0.15) is 0 Å². The minimum Gasteiger partial charge on any atom is -0.477 e. The molecule has 1 aliphatic rings. The van der Waals surface area contributed by atoms with Gasteiger partial charge in [0.15, 0.2) is 0 Å². The summed E-state index contributed by atoms with van der Waals surface area (Å²) in [6.45, 7) is 10.3. The van der Waals surface area contributed by atoms with Crippen molar-refractivity contribution >= 4 is 5.69 Å². The van der Waals surface area contributed by atoms with Crippen molar-refractivity contribution in [2.45, 2.75) is 26.7 Å². The van der Waals surface area contributed by atoms with E-state index >= 15 is 0 Å². The highest BCUT2D eigenvalue weighted by molar-refractivity contribution is 5.46. The van der Waals surface area contributed by atoms with Gasteiger partial charge in [0.25, 0.3) is 0 Å². The van der Waals surface area contributed by atoms with Crippen molar-refractivity contribution < 1.29 is 4.74 Å². The standard InChI is InChI=1S/C20H28N4O/c1-17-18(2)22-20(16-21-17)25-15-7-6-10-23-11-13-24(14-12-23)19-8-4-3-5-9-19/h3-5,8-9,16H,6-7,10-15H2,1-2H3. The third-order valence-electron chi connectivity index (χ3n) is 4.78. The SMILES string of the molecule is Cc1ncc(OCCCCN2CCN(c3ccccc3)CC2)nc1C. The van der Waals surface area contributed by atoms with E-state index in [4.69, 9.17) is 4.74 Å². The zero-order chi connectivity index (χ0) is 17.5. The average molecular weight is 340 g/mol. The molecule has 134 valence electrons. The molecule has 0 atom stereocenters. The molecule has 0 amide bonds. The van der Waals surface area contributed by atoms with Crippen LogP contribution in [0.3, 0.4) is 0 Å². The van der Waals surface area contributed by atoms with Gasteiger partial charge in [-0.05, 0) is 45.4 Å². The van der Waals surface area contributed by atoms with Crippen molar-refractivity contribution in [3.05, 3.63) is 47.9 Å². The first-order valence-corrected chi connectivity index (χ1v) is 9.18. The molecular formula is C20H28N4O. The zero-order valence-electron chi connectivity index (χ0n) is 15.3. The highest BCUT2D eigenvalue weighted by Crippen LogP contribution is 2.15. The number of unbranched alkanes of at least 4 members (excludes halogenated alkanes) is 1. The number of nitrogens with zero attached hydrogens (tertiary/aromatic N) is 4. The Balaban J connectivity index is 1.30. The van der Waals surface area contributed by atoms with Crippen molar-refractivity contribution in [2.24, 2.45) is 0 Å². The second-order valence-corrected chi connectivity index (χ2v) is 6.60. The van der Waals surface area contributed by atoms with Crippen molar-refractivity contribution in [3.8, 4) is 5.88 Å². The molecule has 0 radical (unpaired) electrons. The van der Waals surface area contributed by atoms with E-state index in [1.165, 1.54) is 5.69 Å². The molecule has 1 aromatic carbocycles. The van der Waals surface area contributed by atoms with Crippen LogP contribution in [-0.2, 0) is 0 Å². The summed E-state index contributed by atoms with van der Waals surface area (Å²) in [5.74, 6) is 0.638. The summed E-state index contributed by atoms with van der Waals surface area (Å²) in [5, 5.41) is 0. The van der Waals surface area contributed by atoms with Crippen LogP contribution in [0.5, 0.6) is 5.88 Å². The van der Waals surface area contributed by atoms with E-state index in [1.54, 1.807) is 6.20 Å². The summed E-state index contributed by atoms with van der Waals surface area (Å²) in [4.78, 5) is 13.7. The van der Waals surface area contributed by atoms with Gasteiger partial charge in [-0.25, -0.2) is 4.98 Å². The fourth-order valence-corrected chi connectivity index (χ4v) is 3.07. The first kappa shape index (κ1) is 17.7. The Hall–Kier alpha value is -2.14. The molecule has 25 heavy (non-hydrogen) atoms. The van der Waals surface area contributed by atoms with E-state index in [1.807, 2.05) is 13.8 Å². The first-order chi connectivity index (χ1) is 12.2. The molecule has 5 heteroatoms. The lowest BCUT2D eigenvalue weighted by Crippen LogP contribution is -2.46. The van der Waals surface area contributed by atoms with Crippen LogP contribution in [0.15, 0.2) is 36.5 Å². The highest BCUT2D eigenvalue weighted by Gasteiger charge is 2.16. The normalized spacial score (nSPS) is 15.4. The molecule has 0 unspecified atom stereocenters. The maximum absolute atomic E-state index is 5.71. The third kappa shape index (κ3) is 5.16. The number of ether oxygens (including phenoxy) is 1. The zero-order valence-corrected chi connectivity index (χ0v) is 15.3. The van der Waals surface area contributed by atoms with Gasteiger partial charge in [0.2, 0.25) is 5.88 Å². The number of rotatable bonds is 7. The van der Waals surface area contributed by atoms with E-state index in [0.717, 1.165) is 57.0 Å². The van der Waals surface area contributed by atoms with Crippen LogP contribution in [0, 0.1) is 13.8 Å². The van der Waals surface area contributed by atoms with E-state index in [-0.39, 0.29) is 0 Å². The molecule has 3 rings (SSSR count). The second kappa shape index (κ2) is 8.81. The van der Waals surface area contributed by atoms with Crippen molar-refractivity contribution in [1.82, 2.24) is 14.9 Å². The number of aromatic nitrogens is 2. The average Bonchev–Trinajstić information content (AvgIpc) is 2.65. The van der Waals surface area contributed by atoms with E-state index < -0.39 is 0 Å². The molecule has 0 spiro atoms. The molecule has 2 aromatic rings. The summed E-state index contributed by atoms with van der Waals surface area (Å²) in [6, 6.07) is 10.7. The Morgan fingerprint density at radius 2 is 1.72 bits per heavy atom. The van der Waals surface area contributed by atoms with Gasteiger partial charge in [-0.2, -0.15) is 0 Å². The van der Waals surface area contributed by atoms with Crippen LogP contribution in [-0.4, -0.2) is 54.2 Å². The smallest absolute Gasteiger partial charge is 0.232 e. The number of piperazine rings is 1. The van der Waals surface area contributed by atoms with Gasteiger partial charge in [0, 0.05) is 31.9 Å². The number of aryl methyl sites for hydroxylation is 2. The lowest BCUT2D eigenvalue weighted by atomic mass is 10.2. The molecule has 1 fully saturated rings. The predicted molar refractivity (Wildman–Crippen MR) is 101 cm³/mol. The topological polar surface area (TPSA) is 41.5 Å². The number of hydrogen-bond acceptors (Lipinski definition) is 5. The van der Waals surface area contributed by atoms with Crippen molar-refractivity contribution in [1.29, 1.82) is 0 Å². The second-order valence-electron chi connectivity index (χ2n) is 6.60. The lowest BCUT2D eigenvalue weighted by Gasteiger charge is -2.36. The molecule has 0 N–H and O–H groups in total. The predicted octanol–water partition coefficient (Wildman–Crippen LogP) is 3.07. The summed E-state index contributed by atoms with van der Waals surface area (Å²) < 4.78 is 5.71. The number of hydrogen-bond donors (Lipinski definition) is 0. The molecule has 2 heterocycles. The van der Waals surface area contributed by atoms with Crippen LogP contribution in [0.25, 0.3) is 0 Å². The van der Waals surface area contributed by atoms with Gasteiger partial charge >= 0.3 is 0 Å². The van der Waals surface area contributed by atoms with Crippen LogP contribution >= 0.6 is 0 Å². The minimum atomic E-state index is 0.638. The van der Waals surface area contributed by atoms with E-state index in [2.05, 4.69) is 50.1 Å².